The number of nitro benzene ring substituents is 1. The van der Waals surface area contributed by atoms with Crippen LogP contribution in [0.25, 0.3) is 0 Å². The van der Waals surface area contributed by atoms with E-state index in [0.29, 0.717) is 12.0 Å². The Morgan fingerprint density at radius 3 is 2.12 bits per heavy atom. The highest BCUT2D eigenvalue weighted by atomic mass is 127. The summed E-state index contributed by atoms with van der Waals surface area (Å²) in [6.45, 7) is 14.4. The second-order valence-electron chi connectivity index (χ2n) is 12.6. The number of aliphatic imine (C=N–C) groups is 1. The van der Waals surface area contributed by atoms with Crippen LogP contribution in [0.15, 0.2) is 23.2 Å². The smallest absolute Gasteiger partial charge is 0.417 e. The van der Waals surface area contributed by atoms with Crippen LogP contribution in [0.2, 0.25) is 0 Å². The summed E-state index contributed by atoms with van der Waals surface area (Å²) in [4.78, 5) is 49.3. The molecule has 0 saturated heterocycles. The van der Waals surface area contributed by atoms with Gasteiger partial charge in [0.2, 0.25) is 0 Å². The number of rotatable bonds is 5. The van der Waals surface area contributed by atoms with Gasteiger partial charge in [-0.05, 0) is 90.7 Å². The normalized spacial score (nSPS) is 19.2. The summed E-state index contributed by atoms with van der Waals surface area (Å²) < 4.78 is 30.9. The molecular weight excluding hydrogens is 699 g/mol. The lowest BCUT2D eigenvalue weighted by atomic mass is 9.87. The Morgan fingerprint density at radius 2 is 1.70 bits per heavy atom. The fourth-order valence-electron chi connectivity index (χ4n) is 4.29. The zero-order valence-corrected chi connectivity index (χ0v) is 28.8. The van der Waals surface area contributed by atoms with Crippen LogP contribution in [0.1, 0.15) is 79.9 Å². The van der Waals surface area contributed by atoms with Crippen molar-refractivity contribution in [1.82, 2.24) is 10.2 Å². The number of nitrogens with zero attached hydrogens (tertiary/aromatic N) is 3. The molecule has 0 spiro atoms. The molecule has 0 fully saturated rings. The number of halogens is 1. The maximum Gasteiger partial charge on any atom is 0.417 e. The predicted octanol–water partition coefficient (Wildman–Crippen LogP) is 5.75. The van der Waals surface area contributed by atoms with Gasteiger partial charge in [-0.1, -0.05) is 28.7 Å². The van der Waals surface area contributed by atoms with Gasteiger partial charge >= 0.3 is 18.3 Å². The number of carbonyl (C=O) groups is 3. The number of alkyl halides is 1. The highest BCUT2D eigenvalue weighted by Gasteiger charge is 2.54. The van der Waals surface area contributed by atoms with Gasteiger partial charge < -0.3 is 14.9 Å². The molecule has 1 aliphatic heterocycles. The molecule has 1 aromatic carbocycles. The standard InChI is InChI=1S/C21H30IN3O6S.C6H11NO4/c1-19(2,3)24(18(26)27)17-20(4,5)32(30,31)13-21(6,23-17)16-12-15(25(28)29)10-9-14(16)8-7-11-22;1-6(2,3)11-5(10)7-4(8)9/h9-10,12H,7-8,11,13H2,1-6H3,(H,26,27);1-3H3,(H,7,10)(H,8,9)/t21-;/m0./s1. The van der Waals surface area contributed by atoms with Crippen molar-refractivity contribution < 1.29 is 42.7 Å². The molecule has 3 N–H and O–H groups in total. The Kier molecular flexibility index (Phi) is 12.1. The number of benzene rings is 1. The molecule has 3 amide bonds. The van der Waals surface area contributed by atoms with Crippen LogP contribution in [0.5, 0.6) is 0 Å². The molecule has 242 valence electrons. The van der Waals surface area contributed by atoms with Gasteiger partial charge in [-0.15, -0.1) is 0 Å². The Labute approximate surface area is 265 Å². The van der Waals surface area contributed by atoms with E-state index in [-0.39, 0.29) is 17.3 Å². The molecule has 1 heterocycles. The number of amidine groups is 1. The maximum atomic E-state index is 13.5. The van der Waals surface area contributed by atoms with Crippen molar-refractivity contribution in [3.63, 3.8) is 0 Å². The summed E-state index contributed by atoms with van der Waals surface area (Å²) in [6.07, 6.45) is -2.28. The molecule has 43 heavy (non-hydrogen) atoms. The third kappa shape index (κ3) is 10.0. The molecule has 0 radical (unpaired) electrons. The van der Waals surface area contributed by atoms with Crippen LogP contribution in [0, 0.1) is 10.1 Å². The molecule has 2 rings (SSSR count). The summed E-state index contributed by atoms with van der Waals surface area (Å²) in [6, 6.07) is 4.42. The van der Waals surface area contributed by atoms with Crippen LogP contribution in [-0.2, 0) is 26.5 Å². The van der Waals surface area contributed by atoms with Crippen molar-refractivity contribution in [2.24, 2.45) is 4.99 Å². The second kappa shape index (κ2) is 13.7. The molecule has 0 aliphatic carbocycles. The van der Waals surface area contributed by atoms with E-state index in [0.717, 1.165) is 21.3 Å². The van der Waals surface area contributed by atoms with E-state index >= 15 is 0 Å². The minimum Gasteiger partial charge on any atom is -0.465 e. The number of nitro groups is 1. The third-order valence-electron chi connectivity index (χ3n) is 6.29. The van der Waals surface area contributed by atoms with E-state index in [4.69, 9.17) is 10.1 Å². The number of carbonyl (C=O) groups excluding carboxylic acids is 1. The number of aryl methyl sites for hydroxylation is 1. The van der Waals surface area contributed by atoms with E-state index < -0.39 is 54.5 Å². The van der Waals surface area contributed by atoms with Gasteiger partial charge in [0, 0.05) is 17.7 Å². The quantitative estimate of drug-likeness (QED) is 0.144. The first-order chi connectivity index (χ1) is 19.3. The van der Waals surface area contributed by atoms with Gasteiger partial charge in [0.25, 0.3) is 5.69 Å². The van der Waals surface area contributed by atoms with E-state index in [2.05, 4.69) is 27.3 Å². The summed E-state index contributed by atoms with van der Waals surface area (Å²) in [5.74, 6) is -0.468. The lowest BCUT2D eigenvalue weighted by Gasteiger charge is -2.45. The largest absolute Gasteiger partial charge is 0.465 e. The SMILES string of the molecule is CC(C)(C)N(C(=O)O)C1=N[C@](C)(c2cc([N+](=O)[O-])ccc2CCCI)CS(=O)(=O)C1(C)C.CC(C)(C)OC(=O)NC(=O)O. The van der Waals surface area contributed by atoms with Gasteiger partial charge in [-0.3, -0.25) is 20.0 Å². The Hall–Kier alpha value is -3.02. The summed E-state index contributed by atoms with van der Waals surface area (Å²) >= 11 is 2.24. The van der Waals surface area contributed by atoms with Crippen LogP contribution in [-0.4, -0.2) is 78.6 Å². The molecule has 1 atom stereocenters. The van der Waals surface area contributed by atoms with E-state index in [1.54, 1.807) is 59.8 Å². The first-order valence-electron chi connectivity index (χ1n) is 13.2. The summed E-state index contributed by atoms with van der Waals surface area (Å²) in [5, 5.41) is 31.0. The zero-order valence-electron chi connectivity index (χ0n) is 25.8. The minimum absolute atomic E-state index is 0.0856. The number of alkyl carbamates (subject to hydrolysis) is 1. The van der Waals surface area contributed by atoms with Gasteiger partial charge in [0.1, 0.15) is 16.2 Å². The van der Waals surface area contributed by atoms with Crippen molar-refractivity contribution in [2.75, 3.05) is 10.2 Å². The minimum atomic E-state index is -3.88. The molecule has 16 heteroatoms. The highest BCUT2D eigenvalue weighted by Crippen LogP contribution is 2.42. The topological polar surface area (TPSA) is 206 Å². The predicted molar refractivity (Wildman–Crippen MR) is 170 cm³/mol. The molecule has 0 unspecified atom stereocenters. The number of nitrogens with one attached hydrogen (secondary N) is 1. The first kappa shape index (κ1) is 38.0. The van der Waals surface area contributed by atoms with Crippen molar-refractivity contribution >= 4 is 62.2 Å². The third-order valence-corrected chi connectivity index (χ3v) is 9.73. The lowest BCUT2D eigenvalue weighted by molar-refractivity contribution is -0.385. The fraction of sp³-hybridized carbons (Fsp3) is 0.630. The van der Waals surface area contributed by atoms with Gasteiger partial charge in [0.05, 0.1) is 16.2 Å². The Morgan fingerprint density at radius 1 is 1.14 bits per heavy atom. The number of imide groups is 1. The fourth-order valence-corrected chi connectivity index (χ4v) is 6.41. The molecule has 1 aliphatic rings. The Bertz CT molecular complexity index is 1380. The number of hydrogen-bond acceptors (Lipinski definition) is 9. The van der Waals surface area contributed by atoms with Crippen LogP contribution < -0.4 is 5.32 Å². The van der Waals surface area contributed by atoms with Gasteiger partial charge in [-0.25, -0.2) is 28.1 Å². The average Bonchev–Trinajstić information content (AvgIpc) is 2.78. The van der Waals surface area contributed by atoms with Crippen molar-refractivity contribution in [2.45, 2.75) is 96.6 Å². The Balaban J connectivity index is 0.000000712. The summed E-state index contributed by atoms with van der Waals surface area (Å²) in [5.41, 5.74) is -1.96. The number of ether oxygens (including phenoxy) is 1. The number of carboxylic acid groups (broad SMARTS) is 2. The van der Waals surface area contributed by atoms with Crippen LogP contribution >= 0.6 is 22.6 Å². The zero-order chi connectivity index (χ0) is 33.8. The number of non-ortho nitro benzene ring substituents is 1. The molecular formula is C27H41IN4O10S. The molecule has 0 aromatic heterocycles. The highest BCUT2D eigenvalue weighted by molar-refractivity contribution is 14.1. The average molecular weight is 741 g/mol. The van der Waals surface area contributed by atoms with Crippen molar-refractivity contribution in [3.05, 3.63) is 39.4 Å². The lowest BCUT2D eigenvalue weighted by Crippen LogP contribution is -2.62. The molecule has 0 bridgehead atoms. The molecule has 0 saturated carbocycles. The van der Waals surface area contributed by atoms with E-state index in [1.807, 2.05) is 0 Å². The molecule has 14 nitrogen and oxygen atoms in total. The van der Waals surface area contributed by atoms with Gasteiger partial charge in [0.15, 0.2) is 9.84 Å². The van der Waals surface area contributed by atoms with Gasteiger partial charge in [-0.2, -0.15) is 0 Å². The van der Waals surface area contributed by atoms with Crippen molar-refractivity contribution in [3.8, 4) is 0 Å². The van der Waals surface area contributed by atoms with E-state index in [9.17, 15) is 38.0 Å². The monoisotopic (exact) mass is 740 g/mol. The number of hydrogen-bond donors (Lipinski definition) is 3. The van der Waals surface area contributed by atoms with E-state index in [1.165, 1.54) is 26.0 Å². The van der Waals surface area contributed by atoms with Crippen LogP contribution in [0.4, 0.5) is 20.1 Å². The maximum absolute atomic E-state index is 13.5. The summed E-state index contributed by atoms with van der Waals surface area (Å²) in [7, 11) is -3.88. The second-order valence-corrected chi connectivity index (χ2v) is 16.2. The van der Waals surface area contributed by atoms with Crippen molar-refractivity contribution in [1.29, 1.82) is 0 Å². The number of sulfone groups is 1. The number of amides is 3. The first-order valence-corrected chi connectivity index (χ1v) is 16.4. The van der Waals surface area contributed by atoms with Crippen LogP contribution in [0.3, 0.4) is 0 Å². The molecule has 1 aromatic rings.